The summed E-state index contributed by atoms with van der Waals surface area (Å²) in [6.45, 7) is 7.82. The first-order valence-electron chi connectivity index (χ1n) is 7.03. The number of aryl methyl sites for hydroxylation is 1. The van der Waals surface area contributed by atoms with Gasteiger partial charge in [-0.3, -0.25) is 0 Å². The first-order valence-corrected chi connectivity index (χ1v) is 7.03. The number of unbranched alkanes of at least 4 members (excludes halogenated alkanes) is 3. The molecule has 1 heteroatoms. The van der Waals surface area contributed by atoms with Crippen molar-refractivity contribution in [2.24, 2.45) is 5.92 Å². The third kappa shape index (κ3) is 6.35. The summed E-state index contributed by atoms with van der Waals surface area (Å²) in [5.41, 5.74) is 2.57. The quantitative estimate of drug-likeness (QED) is 0.622. The van der Waals surface area contributed by atoms with Gasteiger partial charge in [-0.1, -0.05) is 57.2 Å². The number of hydrogen-bond acceptors (Lipinski definition) is 1. The van der Waals surface area contributed by atoms with Crippen LogP contribution in [0.25, 0.3) is 0 Å². The highest BCUT2D eigenvalue weighted by Gasteiger charge is 2.01. The minimum Gasteiger partial charge on any atom is -0.385 e. The molecule has 0 aliphatic carbocycles. The summed E-state index contributed by atoms with van der Waals surface area (Å²) in [6.07, 6.45) is 6.84. The average Bonchev–Trinajstić information content (AvgIpc) is 2.34. The van der Waals surface area contributed by atoms with Gasteiger partial charge in [0.15, 0.2) is 0 Å². The summed E-state index contributed by atoms with van der Waals surface area (Å²) in [5.74, 6) is 0.771. The van der Waals surface area contributed by atoms with E-state index in [9.17, 15) is 0 Å². The van der Waals surface area contributed by atoms with Crippen LogP contribution in [0, 0.1) is 12.8 Å². The number of rotatable bonds is 8. The van der Waals surface area contributed by atoms with Crippen LogP contribution in [-0.2, 0) is 0 Å². The molecule has 1 unspecified atom stereocenters. The van der Waals surface area contributed by atoms with Crippen molar-refractivity contribution < 1.29 is 0 Å². The fraction of sp³-hybridized carbons (Fsp3) is 0.625. The van der Waals surface area contributed by atoms with Crippen molar-refractivity contribution in [3.8, 4) is 0 Å². The normalized spacial score (nSPS) is 12.4. The Hall–Kier alpha value is -0.980. The van der Waals surface area contributed by atoms with Crippen molar-refractivity contribution in [1.29, 1.82) is 0 Å². The van der Waals surface area contributed by atoms with Crippen LogP contribution in [0.1, 0.15) is 51.5 Å². The lowest BCUT2D eigenvalue weighted by molar-refractivity contribution is 0.508. The summed E-state index contributed by atoms with van der Waals surface area (Å²) in [6, 6.07) is 8.65. The Kier molecular flexibility index (Phi) is 6.76. The standard InChI is InChI=1S/C16H27N/c1-4-5-6-7-8-15(3)13-17-16-11-9-14(2)10-12-16/h9-12,15,17H,4-8,13H2,1-3H3. The third-order valence-electron chi connectivity index (χ3n) is 3.26. The van der Waals surface area contributed by atoms with E-state index >= 15 is 0 Å². The zero-order valence-corrected chi connectivity index (χ0v) is 11.6. The Bertz CT molecular complexity index is 289. The fourth-order valence-electron chi connectivity index (χ4n) is 1.99. The second kappa shape index (κ2) is 8.16. The highest BCUT2D eigenvalue weighted by atomic mass is 14.9. The van der Waals surface area contributed by atoms with E-state index in [-0.39, 0.29) is 0 Å². The lowest BCUT2D eigenvalue weighted by Gasteiger charge is -2.13. The van der Waals surface area contributed by atoms with Gasteiger partial charge in [-0.25, -0.2) is 0 Å². The van der Waals surface area contributed by atoms with E-state index in [0.29, 0.717) is 0 Å². The first-order chi connectivity index (χ1) is 8.22. The number of anilines is 1. The Morgan fingerprint density at radius 2 is 1.76 bits per heavy atom. The van der Waals surface area contributed by atoms with Crippen LogP contribution >= 0.6 is 0 Å². The lowest BCUT2D eigenvalue weighted by atomic mass is 10.0. The molecule has 1 atom stereocenters. The number of nitrogens with one attached hydrogen (secondary N) is 1. The van der Waals surface area contributed by atoms with Crippen LogP contribution in [0.5, 0.6) is 0 Å². The van der Waals surface area contributed by atoms with E-state index in [1.807, 2.05) is 0 Å². The molecule has 1 rings (SSSR count). The van der Waals surface area contributed by atoms with Crippen molar-refractivity contribution in [3.63, 3.8) is 0 Å². The summed E-state index contributed by atoms with van der Waals surface area (Å²) < 4.78 is 0. The molecular formula is C16H27N. The SMILES string of the molecule is CCCCCCC(C)CNc1ccc(C)cc1. The molecule has 0 radical (unpaired) electrons. The van der Waals surface area contributed by atoms with E-state index in [1.54, 1.807) is 0 Å². The molecule has 0 bridgehead atoms. The minimum atomic E-state index is 0.771. The fourth-order valence-corrected chi connectivity index (χ4v) is 1.99. The first kappa shape index (κ1) is 14.1. The summed E-state index contributed by atoms with van der Waals surface area (Å²) in [5, 5.41) is 3.51. The molecule has 0 aliphatic heterocycles. The lowest BCUT2D eigenvalue weighted by Crippen LogP contribution is -2.11. The van der Waals surface area contributed by atoms with Crippen molar-refractivity contribution >= 4 is 5.69 Å². The zero-order valence-electron chi connectivity index (χ0n) is 11.6. The molecule has 0 heterocycles. The van der Waals surface area contributed by atoms with Crippen molar-refractivity contribution in [2.75, 3.05) is 11.9 Å². The zero-order chi connectivity index (χ0) is 12.5. The molecule has 1 N–H and O–H groups in total. The molecule has 0 fully saturated rings. The molecule has 1 aromatic rings. The molecule has 17 heavy (non-hydrogen) atoms. The predicted molar refractivity (Wildman–Crippen MR) is 77.6 cm³/mol. The molecule has 0 saturated heterocycles. The number of hydrogen-bond donors (Lipinski definition) is 1. The topological polar surface area (TPSA) is 12.0 Å². The van der Waals surface area contributed by atoms with Gasteiger partial charge in [-0.05, 0) is 31.4 Å². The van der Waals surface area contributed by atoms with Crippen molar-refractivity contribution in [1.82, 2.24) is 0 Å². The maximum atomic E-state index is 3.51. The van der Waals surface area contributed by atoms with E-state index in [2.05, 4.69) is 50.4 Å². The molecule has 0 aliphatic rings. The molecule has 0 saturated carbocycles. The van der Waals surface area contributed by atoms with Gasteiger partial charge in [-0.15, -0.1) is 0 Å². The average molecular weight is 233 g/mol. The monoisotopic (exact) mass is 233 g/mol. The van der Waals surface area contributed by atoms with E-state index in [1.165, 1.54) is 43.4 Å². The molecule has 96 valence electrons. The second-order valence-electron chi connectivity index (χ2n) is 5.20. The van der Waals surface area contributed by atoms with Gasteiger partial charge in [0, 0.05) is 12.2 Å². The predicted octanol–water partition coefficient (Wildman–Crippen LogP) is 5.01. The van der Waals surface area contributed by atoms with Crippen LogP contribution in [0.2, 0.25) is 0 Å². The minimum absolute atomic E-state index is 0.771. The van der Waals surface area contributed by atoms with Crippen LogP contribution in [-0.4, -0.2) is 6.54 Å². The Labute approximate surface area is 107 Å². The van der Waals surface area contributed by atoms with E-state index in [4.69, 9.17) is 0 Å². The molecule has 1 nitrogen and oxygen atoms in total. The van der Waals surface area contributed by atoms with Gasteiger partial charge < -0.3 is 5.32 Å². The van der Waals surface area contributed by atoms with E-state index in [0.717, 1.165) is 12.5 Å². The van der Waals surface area contributed by atoms with Crippen LogP contribution in [0.4, 0.5) is 5.69 Å². The van der Waals surface area contributed by atoms with Crippen LogP contribution < -0.4 is 5.32 Å². The molecular weight excluding hydrogens is 206 g/mol. The van der Waals surface area contributed by atoms with Gasteiger partial charge in [-0.2, -0.15) is 0 Å². The van der Waals surface area contributed by atoms with Crippen LogP contribution in [0.3, 0.4) is 0 Å². The molecule has 0 aromatic heterocycles. The second-order valence-corrected chi connectivity index (χ2v) is 5.20. The van der Waals surface area contributed by atoms with Crippen molar-refractivity contribution in [3.05, 3.63) is 29.8 Å². The largest absolute Gasteiger partial charge is 0.385 e. The summed E-state index contributed by atoms with van der Waals surface area (Å²) >= 11 is 0. The van der Waals surface area contributed by atoms with Gasteiger partial charge in [0.1, 0.15) is 0 Å². The highest BCUT2D eigenvalue weighted by molar-refractivity contribution is 5.44. The van der Waals surface area contributed by atoms with Crippen LogP contribution in [0.15, 0.2) is 24.3 Å². The Balaban J connectivity index is 2.14. The molecule has 1 aromatic carbocycles. The maximum Gasteiger partial charge on any atom is 0.0340 e. The number of benzene rings is 1. The van der Waals surface area contributed by atoms with Gasteiger partial charge in [0.05, 0.1) is 0 Å². The van der Waals surface area contributed by atoms with Gasteiger partial charge in [0.25, 0.3) is 0 Å². The summed E-state index contributed by atoms with van der Waals surface area (Å²) in [4.78, 5) is 0. The smallest absolute Gasteiger partial charge is 0.0340 e. The molecule has 0 amide bonds. The van der Waals surface area contributed by atoms with Crippen molar-refractivity contribution in [2.45, 2.75) is 52.9 Å². The van der Waals surface area contributed by atoms with Gasteiger partial charge in [0.2, 0.25) is 0 Å². The maximum absolute atomic E-state index is 3.51. The Morgan fingerprint density at radius 3 is 2.41 bits per heavy atom. The molecule has 0 spiro atoms. The third-order valence-corrected chi connectivity index (χ3v) is 3.26. The Morgan fingerprint density at radius 1 is 1.06 bits per heavy atom. The van der Waals surface area contributed by atoms with E-state index < -0.39 is 0 Å². The highest BCUT2D eigenvalue weighted by Crippen LogP contribution is 2.13. The summed E-state index contributed by atoms with van der Waals surface area (Å²) in [7, 11) is 0. The van der Waals surface area contributed by atoms with Gasteiger partial charge >= 0.3 is 0 Å².